The number of hydrogen-bond acceptors (Lipinski definition) is 4. The van der Waals surface area contributed by atoms with Gasteiger partial charge in [-0.25, -0.2) is 0 Å². The largest absolute Gasteiger partial charge is 0.493 e. The highest BCUT2D eigenvalue weighted by Gasteiger charge is 2.13. The third kappa shape index (κ3) is 3.74. The van der Waals surface area contributed by atoms with Crippen LogP contribution in [0.3, 0.4) is 0 Å². The first kappa shape index (κ1) is 17.4. The van der Waals surface area contributed by atoms with Gasteiger partial charge in [0.25, 0.3) is 0 Å². The molecule has 136 valence electrons. The third-order valence-electron chi connectivity index (χ3n) is 4.91. The number of pyridine rings is 1. The maximum atomic E-state index is 5.63. The number of nitrogens with zero attached hydrogens (tertiary/aromatic N) is 3. The van der Waals surface area contributed by atoms with Crippen molar-refractivity contribution >= 4 is 23.0 Å². The molecule has 4 heterocycles. The van der Waals surface area contributed by atoms with E-state index in [-0.39, 0.29) is 0 Å². The molecule has 1 aromatic carbocycles. The monoisotopic (exact) mass is 367 g/mol. The van der Waals surface area contributed by atoms with Gasteiger partial charge in [0.2, 0.25) is 0 Å². The maximum absolute atomic E-state index is 5.63. The lowest BCUT2D eigenvalue weighted by Gasteiger charge is -2.06. The van der Waals surface area contributed by atoms with Crippen LogP contribution in [0.4, 0.5) is 0 Å². The first-order valence-electron chi connectivity index (χ1n) is 9.26. The van der Waals surface area contributed by atoms with Gasteiger partial charge in [-0.15, -0.1) is 0 Å². The fourth-order valence-corrected chi connectivity index (χ4v) is 4.43. The molecule has 3 aromatic rings. The topological polar surface area (TPSA) is 30.3 Å². The molecule has 0 spiro atoms. The molecule has 2 aromatic heterocycles. The Kier molecular flexibility index (Phi) is 5.18. The van der Waals surface area contributed by atoms with E-state index in [1.54, 1.807) is 11.9 Å². The van der Waals surface area contributed by atoms with Crippen LogP contribution in [0.1, 0.15) is 24.0 Å². The molecule has 4 nitrogen and oxygen atoms in total. The molecule has 2 aliphatic rings. The van der Waals surface area contributed by atoms with Gasteiger partial charge in [-0.05, 0) is 87.2 Å². The lowest BCUT2D eigenvalue weighted by atomic mass is 10.2. The number of fused-ring (bicyclic) bond motifs is 2. The van der Waals surface area contributed by atoms with Crippen LogP contribution in [0.15, 0.2) is 47.6 Å². The van der Waals surface area contributed by atoms with Gasteiger partial charge in [-0.1, -0.05) is 6.07 Å². The summed E-state index contributed by atoms with van der Waals surface area (Å²) in [6.07, 6.45) is 7.83. The number of rotatable bonds is 2. The third-order valence-corrected chi connectivity index (χ3v) is 5.87. The van der Waals surface area contributed by atoms with Gasteiger partial charge in [0, 0.05) is 23.7 Å². The minimum absolute atomic E-state index is 0.804. The van der Waals surface area contributed by atoms with Gasteiger partial charge < -0.3 is 9.64 Å². The van der Waals surface area contributed by atoms with Crippen LogP contribution in [0, 0.1) is 6.92 Å². The Morgan fingerprint density at radius 1 is 1.15 bits per heavy atom. The van der Waals surface area contributed by atoms with Crippen molar-refractivity contribution in [1.82, 2.24) is 13.9 Å². The van der Waals surface area contributed by atoms with Crippen molar-refractivity contribution in [2.24, 2.45) is 0 Å². The Morgan fingerprint density at radius 2 is 2.00 bits per heavy atom. The number of likely N-dealkylation sites (tertiary alicyclic amines) is 1. The van der Waals surface area contributed by atoms with Crippen molar-refractivity contribution in [2.75, 3.05) is 26.7 Å². The molecule has 0 saturated carbocycles. The van der Waals surface area contributed by atoms with Crippen molar-refractivity contribution in [3.63, 3.8) is 0 Å². The van der Waals surface area contributed by atoms with E-state index in [1.165, 1.54) is 42.0 Å². The molecule has 2 aliphatic heterocycles. The summed E-state index contributed by atoms with van der Waals surface area (Å²) in [5, 5.41) is 0. The van der Waals surface area contributed by atoms with Gasteiger partial charge in [-0.3, -0.25) is 8.96 Å². The summed E-state index contributed by atoms with van der Waals surface area (Å²) in [5.41, 5.74) is 4.73. The van der Waals surface area contributed by atoms with E-state index in [1.807, 2.05) is 12.3 Å². The number of hydrogen-bond donors (Lipinski definition) is 0. The first-order chi connectivity index (χ1) is 12.7. The highest BCUT2D eigenvalue weighted by Crippen LogP contribution is 2.33. The molecule has 0 radical (unpaired) electrons. The Hall–Kier alpha value is -1.98. The summed E-state index contributed by atoms with van der Waals surface area (Å²) in [6.45, 7) is 5.54. The second-order valence-corrected chi connectivity index (χ2v) is 8.03. The van der Waals surface area contributed by atoms with Crippen LogP contribution in [0.5, 0.6) is 5.75 Å². The molecule has 5 heteroatoms. The Labute approximate surface area is 159 Å². The quantitative estimate of drug-likeness (QED) is 0.665. The van der Waals surface area contributed by atoms with Crippen molar-refractivity contribution < 1.29 is 4.74 Å². The van der Waals surface area contributed by atoms with Crippen LogP contribution in [0.2, 0.25) is 0 Å². The summed E-state index contributed by atoms with van der Waals surface area (Å²) in [6, 6.07) is 10.5. The lowest BCUT2D eigenvalue weighted by Crippen LogP contribution is -2.10. The van der Waals surface area contributed by atoms with Crippen molar-refractivity contribution in [3.05, 3.63) is 53.9 Å². The maximum Gasteiger partial charge on any atom is 0.123 e. The average Bonchev–Trinajstić information content (AvgIpc) is 3.37. The predicted octanol–water partition coefficient (Wildman–Crippen LogP) is 4.55. The SMILES string of the molecule is CN1CCCC1.Cc1cn(Sc2ccc3c(c2)OCC3)c2cccnc12. The Balaban J connectivity index is 0.000000240. The second kappa shape index (κ2) is 7.72. The van der Waals surface area contributed by atoms with E-state index in [9.17, 15) is 0 Å². The fraction of sp³-hybridized carbons (Fsp3) is 0.381. The standard InChI is InChI=1S/C16H14N2OS.C5H11N/c1-11-10-18(14-3-2-7-17-16(11)14)20-13-5-4-12-6-8-19-15(12)9-13;1-6-4-2-3-5-6/h2-5,7,9-10H,6,8H2,1H3;2-5H2,1H3. The van der Waals surface area contributed by atoms with Crippen molar-refractivity contribution in [1.29, 1.82) is 0 Å². The van der Waals surface area contributed by atoms with Gasteiger partial charge in [0.1, 0.15) is 5.75 Å². The molecule has 1 saturated heterocycles. The average molecular weight is 368 g/mol. The number of aromatic nitrogens is 2. The second-order valence-electron chi connectivity index (χ2n) is 6.98. The molecule has 0 bridgehead atoms. The Bertz CT molecular complexity index is 899. The van der Waals surface area contributed by atoms with Gasteiger partial charge in [0.15, 0.2) is 0 Å². The summed E-state index contributed by atoms with van der Waals surface area (Å²) < 4.78 is 7.81. The van der Waals surface area contributed by atoms with E-state index in [4.69, 9.17) is 4.74 Å². The summed E-state index contributed by atoms with van der Waals surface area (Å²) in [7, 11) is 2.17. The summed E-state index contributed by atoms with van der Waals surface area (Å²) >= 11 is 1.70. The normalized spacial score (nSPS) is 16.2. The predicted molar refractivity (Wildman–Crippen MR) is 108 cm³/mol. The molecule has 0 N–H and O–H groups in total. The van der Waals surface area contributed by atoms with Crippen LogP contribution in [-0.4, -0.2) is 40.6 Å². The van der Waals surface area contributed by atoms with E-state index < -0.39 is 0 Å². The van der Waals surface area contributed by atoms with Gasteiger partial charge >= 0.3 is 0 Å². The zero-order valence-electron chi connectivity index (χ0n) is 15.4. The zero-order chi connectivity index (χ0) is 17.9. The van der Waals surface area contributed by atoms with Gasteiger partial charge in [0.05, 0.1) is 17.6 Å². The molecule has 1 fully saturated rings. The molecule has 0 unspecified atom stereocenters. The molecule has 0 aliphatic carbocycles. The minimum Gasteiger partial charge on any atom is -0.493 e. The Morgan fingerprint density at radius 3 is 2.77 bits per heavy atom. The van der Waals surface area contributed by atoms with Crippen molar-refractivity contribution in [3.8, 4) is 5.75 Å². The lowest BCUT2D eigenvalue weighted by molar-refractivity contribution is 0.356. The van der Waals surface area contributed by atoms with Crippen LogP contribution >= 0.6 is 11.9 Å². The van der Waals surface area contributed by atoms with Crippen LogP contribution < -0.4 is 4.74 Å². The van der Waals surface area contributed by atoms with Crippen molar-refractivity contribution in [2.45, 2.75) is 31.1 Å². The minimum atomic E-state index is 0.804. The molecule has 0 atom stereocenters. The summed E-state index contributed by atoms with van der Waals surface area (Å²) in [4.78, 5) is 7.99. The molecular weight excluding hydrogens is 342 g/mol. The number of ether oxygens (including phenoxy) is 1. The van der Waals surface area contributed by atoms with E-state index in [2.05, 4.69) is 58.3 Å². The van der Waals surface area contributed by atoms with E-state index in [0.717, 1.165) is 29.8 Å². The van der Waals surface area contributed by atoms with Gasteiger partial charge in [-0.2, -0.15) is 0 Å². The van der Waals surface area contributed by atoms with Crippen LogP contribution in [-0.2, 0) is 6.42 Å². The fourth-order valence-electron chi connectivity index (χ4n) is 3.45. The first-order valence-corrected chi connectivity index (χ1v) is 10.0. The summed E-state index contributed by atoms with van der Waals surface area (Å²) in [5.74, 6) is 1.03. The number of benzene rings is 1. The molecule has 0 amide bonds. The molecule has 26 heavy (non-hydrogen) atoms. The number of aryl methyl sites for hydroxylation is 1. The highest BCUT2D eigenvalue weighted by atomic mass is 32.2. The molecule has 5 rings (SSSR count). The smallest absolute Gasteiger partial charge is 0.123 e. The highest BCUT2D eigenvalue weighted by molar-refractivity contribution is 7.98. The molecular formula is C21H25N3OS. The van der Waals surface area contributed by atoms with E-state index >= 15 is 0 Å². The van der Waals surface area contributed by atoms with Crippen LogP contribution in [0.25, 0.3) is 11.0 Å². The van der Waals surface area contributed by atoms with E-state index in [0.29, 0.717) is 0 Å². The zero-order valence-corrected chi connectivity index (χ0v) is 16.3.